The number of aromatic nitrogens is 1. The molecule has 0 radical (unpaired) electrons. The number of pyridine rings is 1. The second-order valence-corrected chi connectivity index (χ2v) is 5.25. The van der Waals surface area contributed by atoms with Gasteiger partial charge in [-0.25, -0.2) is 4.98 Å². The number of nitrogens with two attached hydrogens (primary N) is 1. The fourth-order valence-corrected chi connectivity index (χ4v) is 2.18. The van der Waals surface area contributed by atoms with E-state index >= 15 is 0 Å². The molecular weight excluding hydrogens is 268 g/mol. The van der Waals surface area contributed by atoms with E-state index in [2.05, 4.69) is 10.3 Å². The number of rotatable bonds is 1. The molecule has 3 N–H and O–H groups in total. The maximum Gasteiger partial charge on any atom is 0.275 e. The third-order valence-corrected chi connectivity index (χ3v) is 3.47. The van der Waals surface area contributed by atoms with Crippen LogP contribution < -0.4 is 11.1 Å². The third kappa shape index (κ3) is 2.35. The number of hydrogen-bond donors (Lipinski definition) is 2. The van der Waals surface area contributed by atoms with Crippen LogP contribution in [0.2, 0.25) is 5.02 Å². The molecule has 19 heavy (non-hydrogen) atoms. The van der Waals surface area contributed by atoms with E-state index in [9.17, 15) is 9.59 Å². The Morgan fingerprint density at radius 2 is 2.21 bits per heavy atom. The molecular formula is C12H15ClN4O2. The number of piperazine rings is 1. The fourth-order valence-electron chi connectivity index (χ4n) is 1.99. The highest BCUT2D eigenvalue weighted by atomic mass is 35.5. The molecule has 0 bridgehead atoms. The molecule has 0 atom stereocenters. The Bertz CT molecular complexity index is 545. The van der Waals surface area contributed by atoms with Crippen molar-refractivity contribution in [1.82, 2.24) is 15.2 Å². The lowest BCUT2D eigenvalue weighted by atomic mass is 9.98. The predicted molar refractivity (Wildman–Crippen MR) is 71.8 cm³/mol. The summed E-state index contributed by atoms with van der Waals surface area (Å²) in [5, 5.41) is 2.95. The molecule has 6 nitrogen and oxygen atoms in total. The zero-order valence-electron chi connectivity index (χ0n) is 10.7. The van der Waals surface area contributed by atoms with Crippen LogP contribution in [-0.2, 0) is 4.79 Å². The van der Waals surface area contributed by atoms with Crippen LogP contribution in [0.4, 0.5) is 5.82 Å². The predicted octanol–water partition coefficient (Wildman–Crippen LogP) is 0.668. The number of nitrogen functional groups attached to an aromatic ring is 1. The van der Waals surface area contributed by atoms with E-state index in [1.165, 1.54) is 17.0 Å². The van der Waals surface area contributed by atoms with E-state index in [0.717, 1.165) is 0 Å². The number of anilines is 1. The molecule has 2 rings (SSSR count). The third-order valence-electron chi connectivity index (χ3n) is 3.17. The Labute approximate surface area is 115 Å². The van der Waals surface area contributed by atoms with E-state index < -0.39 is 11.4 Å². The molecule has 0 spiro atoms. The Balaban J connectivity index is 2.38. The van der Waals surface area contributed by atoms with Crippen LogP contribution in [0.15, 0.2) is 12.1 Å². The fraction of sp³-hybridized carbons (Fsp3) is 0.417. The van der Waals surface area contributed by atoms with Crippen LogP contribution in [0.3, 0.4) is 0 Å². The quantitative estimate of drug-likeness (QED) is 0.792. The van der Waals surface area contributed by atoms with Crippen molar-refractivity contribution in [2.75, 3.05) is 18.8 Å². The molecule has 2 heterocycles. The van der Waals surface area contributed by atoms with Gasteiger partial charge in [-0.15, -0.1) is 0 Å². The van der Waals surface area contributed by atoms with E-state index in [1.807, 2.05) is 0 Å². The summed E-state index contributed by atoms with van der Waals surface area (Å²) < 4.78 is 0. The van der Waals surface area contributed by atoms with Gasteiger partial charge in [0.1, 0.15) is 17.1 Å². The SMILES string of the molecule is CC1(C)C(=O)NCCN1C(=O)c1nc(N)ccc1Cl. The monoisotopic (exact) mass is 282 g/mol. The van der Waals surface area contributed by atoms with Crippen molar-refractivity contribution in [1.29, 1.82) is 0 Å². The normalized spacial score (nSPS) is 18.1. The molecule has 1 saturated heterocycles. The minimum atomic E-state index is -0.940. The lowest BCUT2D eigenvalue weighted by molar-refractivity contribution is -0.133. The Morgan fingerprint density at radius 3 is 2.89 bits per heavy atom. The summed E-state index contributed by atoms with van der Waals surface area (Å²) in [7, 11) is 0. The molecule has 1 aromatic rings. The molecule has 7 heteroatoms. The molecule has 2 amide bonds. The number of nitrogens with one attached hydrogen (secondary N) is 1. The molecule has 1 aliphatic rings. The molecule has 1 aromatic heterocycles. The Kier molecular flexibility index (Phi) is 3.36. The van der Waals surface area contributed by atoms with E-state index in [1.54, 1.807) is 13.8 Å². The summed E-state index contributed by atoms with van der Waals surface area (Å²) in [6, 6.07) is 3.04. The molecule has 1 aliphatic heterocycles. The number of carbonyl (C=O) groups is 2. The van der Waals surface area contributed by atoms with Gasteiger partial charge < -0.3 is 16.0 Å². The van der Waals surface area contributed by atoms with Crippen LogP contribution >= 0.6 is 11.6 Å². The summed E-state index contributed by atoms with van der Waals surface area (Å²) in [6.45, 7) is 4.18. The standard InChI is InChI=1S/C12H15ClN4O2/c1-12(2)11(19)15-5-6-17(12)10(18)9-7(13)3-4-8(14)16-9/h3-4H,5-6H2,1-2H3,(H2,14,16)(H,15,19). The molecule has 0 unspecified atom stereocenters. The molecule has 1 fully saturated rings. The van der Waals surface area contributed by atoms with Crippen molar-refractivity contribution < 1.29 is 9.59 Å². The van der Waals surface area contributed by atoms with E-state index in [-0.39, 0.29) is 22.4 Å². The second-order valence-electron chi connectivity index (χ2n) is 4.84. The summed E-state index contributed by atoms with van der Waals surface area (Å²) >= 11 is 5.97. The van der Waals surface area contributed by atoms with E-state index in [0.29, 0.717) is 13.1 Å². The van der Waals surface area contributed by atoms with Gasteiger partial charge in [-0.2, -0.15) is 0 Å². The smallest absolute Gasteiger partial charge is 0.275 e. The van der Waals surface area contributed by atoms with Gasteiger partial charge >= 0.3 is 0 Å². The highest BCUT2D eigenvalue weighted by molar-refractivity contribution is 6.33. The van der Waals surface area contributed by atoms with Crippen molar-refractivity contribution in [2.45, 2.75) is 19.4 Å². The minimum absolute atomic E-state index is 0.0736. The zero-order valence-corrected chi connectivity index (χ0v) is 11.5. The van der Waals surface area contributed by atoms with Crippen molar-refractivity contribution >= 4 is 29.2 Å². The first-order valence-corrected chi connectivity index (χ1v) is 6.24. The molecule has 0 aliphatic carbocycles. The van der Waals surface area contributed by atoms with Gasteiger partial charge in [0.05, 0.1) is 5.02 Å². The highest BCUT2D eigenvalue weighted by Crippen LogP contribution is 2.23. The topological polar surface area (TPSA) is 88.3 Å². The minimum Gasteiger partial charge on any atom is -0.384 e. The molecule has 0 saturated carbocycles. The second kappa shape index (κ2) is 4.70. The summed E-state index contributed by atoms with van der Waals surface area (Å²) in [4.78, 5) is 29.7. The maximum absolute atomic E-state index is 12.5. The van der Waals surface area contributed by atoms with Crippen molar-refractivity contribution in [3.8, 4) is 0 Å². The largest absolute Gasteiger partial charge is 0.384 e. The van der Waals surface area contributed by atoms with Crippen molar-refractivity contribution in [3.63, 3.8) is 0 Å². The first-order chi connectivity index (χ1) is 8.84. The maximum atomic E-state index is 12.5. The highest BCUT2D eigenvalue weighted by Gasteiger charge is 2.41. The number of hydrogen-bond acceptors (Lipinski definition) is 4. The number of nitrogens with zero attached hydrogens (tertiary/aromatic N) is 2. The van der Waals surface area contributed by atoms with Gasteiger partial charge in [-0.05, 0) is 26.0 Å². The zero-order chi connectivity index (χ0) is 14.2. The average Bonchev–Trinajstić information content (AvgIpc) is 2.35. The average molecular weight is 283 g/mol. The van der Waals surface area contributed by atoms with Crippen LogP contribution in [0.25, 0.3) is 0 Å². The van der Waals surface area contributed by atoms with Gasteiger partial charge in [-0.3, -0.25) is 9.59 Å². The van der Waals surface area contributed by atoms with Crippen molar-refractivity contribution in [3.05, 3.63) is 22.8 Å². The van der Waals surface area contributed by atoms with E-state index in [4.69, 9.17) is 17.3 Å². The lowest BCUT2D eigenvalue weighted by Crippen LogP contribution is -2.63. The van der Waals surface area contributed by atoms with Crippen LogP contribution in [0.5, 0.6) is 0 Å². The van der Waals surface area contributed by atoms with Crippen molar-refractivity contribution in [2.24, 2.45) is 0 Å². The van der Waals surface area contributed by atoms with Gasteiger partial charge in [0.25, 0.3) is 5.91 Å². The summed E-state index contributed by atoms with van der Waals surface area (Å²) in [6.07, 6.45) is 0. The first-order valence-electron chi connectivity index (χ1n) is 5.86. The number of carbonyl (C=O) groups excluding carboxylic acids is 2. The lowest BCUT2D eigenvalue weighted by Gasteiger charge is -2.41. The van der Waals surface area contributed by atoms with Crippen LogP contribution in [0.1, 0.15) is 24.3 Å². The molecule has 0 aromatic carbocycles. The van der Waals surface area contributed by atoms with Crippen LogP contribution in [-0.4, -0.2) is 40.3 Å². The molecule has 102 valence electrons. The van der Waals surface area contributed by atoms with Gasteiger partial charge in [0.2, 0.25) is 5.91 Å². The Hall–Kier alpha value is -1.82. The summed E-state index contributed by atoms with van der Waals surface area (Å²) in [5.74, 6) is -0.378. The summed E-state index contributed by atoms with van der Waals surface area (Å²) in [5.41, 5.74) is 4.70. The van der Waals surface area contributed by atoms with Gasteiger partial charge in [0, 0.05) is 13.1 Å². The first kappa shape index (κ1) is 13.6. The van der Waals surface area contributed by atoms with Gasteiger partial charge in [0.15, 0.2) is 0 Å². The Morgan fingerprint density at radius 1 is 1.53 bits per heavy atom. The number of amides is 2. The number of halogens is 1. The van der Waals surface area contributed by atoms with Gasteiger partial charge in [-0.1, -0.05) is 11.6 Å². The van der Waals surface area contributed by atoms with Crippen LogP contribution in [0, 0.1) is 0 Å².